The molecule has 1 aliphatic heterocycles. The lowest BCUT2D eigenvalue weighted by molar-refractivity contribution is 0.0699. The summed E-state index contributed by atoms with van der Waals surface area (Å²) in [5, 5.41) is 13.3. The topological polar surface area (TPSA) is 62.2 Å². The zero-order valence-corrected chi connectivity index (χ0v) is 11.1. The molecule has 19 heavy (non-hydrogen) atoms. The van der Waals surface area contributed by atoms with E-state index in [9.17, 15) is 9.90 Å². The van der Waals surface area contributed by atoms with Gasteiger partial charge in [0.25, 0.3) is 0 Å². The maximum Gasteiger partial charge on any atom is 0.336 e. The highest BCUT2D eigenvalue weighted by Gasteiger charge is 2.17. The van der Waals surface area contributed by atoms with E-state index in [0.717, 1.165) is 23.4 Å². The van der Waals surface area contributed by atoms with Gasteiger partial charge >= 0.3 is 5.97 Å². The second-order valence-electron chi connectivity index (χ2n) is 4.58. The molecule has 1 aromatic carbocycles. The number of nitrogens with one attached hydrogen (secondary N) is 1. The highest BCUT2D eigenvalue weighted by atomic mass is 32.2. The molecule has 0 saturated carbocycles. The van der Waals surface area contributed by atoms with Crippen molar-refractivity contribution in [1.29, 1.82) is 0 Å². The molecule has 1 fully saturated rings. The van der Waals surface area contributed by atoms with Gasteiger partial charge in [-0.25, -0.2) is 9.78 Å². The number of anilines is 1. The van der Waals surface area contributed by atoms with Gasteiger partial charge in [-0.1, -0.05) is 18.2 Å². The molecule has 0 aliphatic carbocycles. The quantitative estimate of drug-likeness (QED) is 0.901. The lowest BCUT2D eigenvalue weighted by Gasteiger charge is -2.13. The Kier molecular flexibility index (Phi) is 3.29. The molecule has 1 atom stereocenters. The summed E-state index contributed by atoms with van der Waals surface area (Å²) in [7, 11) is 0. The molecule has 1 aromatic heterocycles. The second kappa shape index (κ2) is 5.09. The Morgan fingerprint density at radius 1 is 1.42 bits per heavy atom. The molecular weight excluding hydrogens is 260 g/mol. The molecule has 2 aromatic rings. The van der Waals surface area contributed by atoms with E-state index in [-0.39, 0.29) is 0 Å². The van der Waals surface area contributed by atoms with Crippen LogP contribution in [0.25, 0.3) is 10.9 Å². The zero-order valence-electron chi connectivity index (χ0n) is 10.3. The highest BCUT2D eigenvalue weighted by molar-refractivity contribution is 7.99. The van der Waals surface area contributed by atoms with E-state index in [4.69, 9.17) is 0 Å². The Labute approximate surface area is 115 Å². The van der Waals surface area contributed by atoms with Crippen LogP contribution < -0.4 is 5.32 Å². The maximum atomic E-state index is 11.3. The summed E-state index contributed by atoms with van der Waals surface area (Å²) >= 11 is 1.91. The van der Waals surface area contributed by atoms with Gasteiger partial charge in [0, 0.05) is 17.2 Å². The van der Waals surface area contributed by atoms with Crippen LogP contribution in [0.15, 0.2) is 30.3 Å². The molecule has 1 unspecified atom stereocenters. The second-order valence-corrected chi connectivity index (χ2v) is 5.73. The summed E-state index contributed by atoms with van der Waals surface area (Å²) in [5.74, 6) is 1.94. The number of rotatable bonds is 3. The number of pyridine rings is 1. The lowest BCUT2D eigenvalue weighted by Crippen LogP contribution is -2.19. The van der Waals surface area contributed by atoms with Crippen LogP contribution in [0.2, 0.25) is 0 Å². The fourth-order valence-corrected chi connectivity index (χ4v) is 3.44. The van der Waals surface area contributed by atoms with Gasteiger partial charge in [0.2, 0.25) is 0 Å². The number of fused-ring (bicyclic) bond motifs is 1. The highest BCUT2D eigenvalue weighted by Crippen LogP contribution is 2.24. The molecule has 0 radical (unpaired) electrons. The van der Waals surface area contributed by atoms with E-state index >= 15 is 0 Å². The number of carbonyl (C=O) groups is 1. The molecule has 0 spiro atoms. The van der Waals surface area contributed by atoms with Gasteiger partial charge in [0.15, 0.2) is 0 Å². The minimum Gasteiger partial charge on any atom is -0.478 e. The SMILES string of the molecule is O=C(O)c1cc(NC2CCSC2)nc2ccccc12. The standard InChI is InChI=1S/C14H14N2O2S/c17-14(18)11-7-13(15-9-5-6-19-8-9)16-12-4-2-1-3-10(11)12/h1-4,7,9H,5-6,8H2,(H,15,16)(H,17,18). The zero-order chi connectivity index (χ0) is 13.2. The number of hydrogen-bond acceptors (Lipinski definition) is 4. The van der Waals surface area contributed by atoms with Crippen LogP contribution in [-0.4, -0.2) is 33.6 Å². The number of aromatic carboxylic acids is 1. The first-order valence-corrected chi connectivity index (χ1v) is 7.37. The van der Waals surface area contributed by atoms with Crippen molar-refractivity contribution < 1.29 is 9.90 Å². The minimum absolute atomic E-state index is 0.304. The third-order valence-electron chi connectivity index (χ3n) is 3.23. The molecule has 5 heteroatoms. The number of benzene rings is 1. The number of para-hydroxylation sites is 1. The van der Waals surface area contributed by atoms with E-state index in [1.54, 1.807) is 12.1 Å². The molecule has 98 valence electrons. The number of carboxylic acids is 1. The molecule has 1 saturated heterocycles. The Morgan fingerprint density at radius 3 is 3.00 bits per heavy atom. The lowest BCUT2D eigenvalue weighted by atomic mass is 10.1. The van der Waals surface area contributed by atoms with Crippen molar-refractivity contribution in [3.05, 3.63) is 35.9 Å². The number of thioether (sulfide) groups is 1. The van der Waals surface area contributed by atoms with Crippen molar-refractivity contribution in [2.24, 2.45) is 0 Å². The summed E-state index contributed by atoms with van der Waals surface area (Å²) in [6.07, 6.45) is 1.10. The molecule has 3 rings (SSSR count). The number of carboxylic acid groups (broad SMARTS) is 1. The van der Waals surface area contributed by atoms with E-state index in [1.807, 2.05) is 30.0 Å². The minimum atomic E-state index is -0.914. The van der Waals surface area contributed by atoms with Crippen molar-refractivity contribution in [2.45, 2.75) is 12.5 Å². The molecule has 0 bridgehead atoms. The normalized spacial score (nSPS) is 18.6. The van der Waals surface area contributed by atoms with Crippen molar-refractivity contribution in [3.8, 4) is 0 Å². The summed E-state index contributed by atoms with van der Waals surface area (Å²) < 4.78 is 0. The summed E-state index contributed by atoms with van der Waals surface area (Å²) in [5.41, 5.74) is 1.02. The fraction of sp³-hybridized carbons (Fsp3) is 0.286. The third kappa shape index (κ3) is 2.51. The molecule has 2 N–H and O–H groups in total. The molecule has 2 heterocycles. The van der Waals surface area contributed by atoms with E-state index < -0.39 is 5.97 Å². The first kappa shape index (κ1) is 12.3. The van der Waals surface area contributed by atoms with Gasteiger partial charge in [0.05, 0.1) is 11.1 Å². The molecule has 4 nitrogen and oxygen atoms in total. The molecule has 1 aliphatic rings. The van der Waals surface area contributed by atoms with Gasteiger partial charge in [-0.3, -0.25) is 0 Å². The predicted molar refractivity (Wildman–Crippen MR) is 78.1 cm³/mol. The largest absolute Gasteiger partial charge is 0.478 e. The van der Waals surface area contributed by atoms with Crippen LogP contribution in [0.3, 0.4) is 0 Å². The van der Waals surface area contributed by atoms with Crippen molar-refractivity contribution in [2.75, 3.05) is 16.8 Å². The average molecular weight is 274 g/mol. The van der Waals surface area contributed by atoms with Gasteiger partial charge in [-0.2, -0.15) is 11.8 Å². The third-order valence-corrected chi connectivity index (χ3v) is 4.39. The van der Waals surface area contributed by atoms with Crippen LogP contribution in [0.5, 0.6) is 0 Å². The Hall–Kier alpha value is -1.75. The van der Waals surface area contributed by atoms with E-state index in [2.05, 4.69) is 10.3 Å². The average Bonchev–Trinajstić information content (AvgIpc) is 2.90. The molecular formula is C14H14N2O2S. The maximum absolute atomic E-state index is 11.3. The Balaban J connectivity index is 2.02. The molecule has 0 amide bonds. The number of nitrogens with zero attached hydrogens (tertiary/aromatic N) is 1. The summed E-state index contributed by atoms with van der Waals surface area (Å²) in [4.78, 5) is 15.8. The summed E-state index contributed by atoms with van der Waals surface area (Å²) in [6, 6.07) is 9.36. The predicted octanol–water partition coefficient (Wildman–Crippen LogP) is 2.85. The van der Waals surface area contributed by atoms with Crippen LogP contribution in [-0.2, 0) is 0 Å². The monoisotopic (exact) mass is 274 g/mol. The van der Waals surface area contributed by atoms with E-state index in [0.29, 0.717) is 22.8 Å². The van der Waals surface area contributed by atoms with Gasteiger partial charge < -0.3 is 10.4 Å². The van der Waals surface area contributed by atoms with Crippen LogP contribution >= 0.6 is 11.8 Å². The van der Waals surface area contributed by atoms with Crippen molar-refractivity contribution in [1.82, 2.24) is 4.98 Å². The van der Waals surface area contributed by atoms with Crippen LogP contribution in [0.4, 0.5) is 5.82 Å². The number of aromatic nitrogens is 1. The fourth-order valence-electron chi connectivity index (χ4n) is 2.28. The van der Waals surface area contributed by atoms with Crippen LogP contribution in [0.1, 0.15) is 16.8 Å². The Bertz CT molecular complexity index is 624. The Morgan fingerprint density at radius 2 is 2.26 bits per heavy atom. The van der Waals surface area contributed by atoms with E-state index in [1.165, 1.54) is 0 Å². The van der Waals surface area contributed by atoms with Crippen molar-refractivity contribution in [3.63, 3.8) is 0 Å². The first-order chi connectivity index (χ1) is 9.24. The van der Waals surface area contributed by atoms with Gasteiger partial charge in [0.1, 0.15) is 5.82 Å². The van der Waals surface area contributed by atoms with Gasteiger partial charge in [-0.15, -0.1) is 0 Å². The van der Waals surface area contributed by atoms with Crippen molar-refractivity contribution >= 4 is 34.5 Å². The summed E-state index contributed by atoms with van der Waals surface area (Å²) in [6.45, 7) is 0. The van der Waals surface area contributed by atoms with Gasteiger partial charge in [-0.05, 0) is 24.3 Å². The smallest absolute Gasteiger partial charge is 0.336 e. The van der Waals surface area contributed by atoms with Crippen LogP contribution in [0, 0.1) is 0 Å². The number of hydrogen-bond donors (Lipinski definition) is 2. The first-order valence-electron chi connectivity index (χ1n) is 6.21.